The Balaban J connectivity index is 1.42. The van der Waals surface area contributed by atoms with Crippen LogP contribution in [0.2, 0.25) is 0 Å². The molecule has 0 saturated carbocycles. The summed E-state index contributed by atoms with van der Waals surface area (Å²) in [5.74, 6) is 0.107. The second-order valence-electron chi connectivity index (χ2n) is 7.64. The van der Waals surface area contributed by atoms with Gasteiger partial charge in [0.15, 0.2) is 5.78 Å². The fraction of sp³-hybridized carbons (Fsp3) is 0.364. The molecule has 4 rings (SSSR count). The molecule has 0 aliphatic carbocycles. The van der Waals surface area contributed by atoms with Gasteiger partial charge in [-0.25, -0.2) is 8.42 Å². The summed E-state index contributed by atoms with van der Waals surface area (Å²) in [4.78, 5) is 27.4. The summed E-state index contributed by atoms with van der Waals surface area (Å²) in [7, 11) is -3.58. The van der Waals surface area contributed by atoms with Gasteiger partial charge in [-0.3, -0.25) is 9.59 Å². The molecule has 2 saturated heterocycles. The van der Waals surface area contributed by atoms with Crippen LogP contribution in [0.15, 0.2) is 53.4 Å². The highest BCUT2D eigenvalue weighted by Crippen LogP contribution is 2.26. The number of amides is 1. The number of piperazine rings is 1. The molecule has 0 atom stereocenters. The summed E-state index contributed by atoms with van der Waals surface area (Å²) in [5.41, 5.74) is 2.39. The first-order valence-electron chi connectivity index (χ1n) is 10.1. The molecular weight excluding hydrogens is 402 g/mol. The number of carbonyl (C=O) groups excluding carboxylic acids is 2. The normalized spacial score (nSPS) is 18.1. The predicted molar refractivity (Wildman–Crippen MR) is 115 cm³/mol. The van der Waals surface area contributed by atoms with Crippen molar-refractivity contribution in [2.75, 3.05) is 42.5 Å². The van der Waals surface area contributed by atoms with Gasteiger partial charge in [0.05, 0.1) is 4.90 Å². The molecule has 0 radical (unpaired) electrons. The number of benzene rings is 2. The van der Waals surface area contributed by atoms with E-state index in [1.807, 2.05) is 12.1 Å². The summed E-state index contributed by atoms with van der Waals surface area (Å²) < 4.78 is 27.6. The van der Waals surface area contributed by atoms with Crippen LogP contribution in [0.4, 0.5) is 11.4 Å². The van der Waals surface area contributed by atoms with Crippen molar-refractivity contribution in [2.24, 2.45) is 0 Å². The van der Waals surface area contributed by atoms with E-state index in [9.17, 15) is 18.0 Å². The van der Waals surface area contributed by atoms with E-state index in [4.69, 9.17) is 0 Å². The van der Waals surface area contributed by atoms with Gasteiger partial charge in [-0.1, -0.05) is 0 Å². The Morgan fingerprint density at radius 1 is 0.833 bits per heavy atom. The minimum absolute atomic E-state index is 0.0255. The van der Waals surface area contributed by atoms with Crippen LogP contribution in [-0.2, 0) is 14.8 Å². The Hall–Kier alpha value is -2.71. The smallest absolute Gasteiger partial charge is 0.243 e. The van der Waals surface area contributed by atoms with E-state index in [1.165, 1.54) is 11.2 Å². The topological polar surface area (TPSA) is 78.0 Å². The number of rotatable bonds is 5. The van der Waals surface area contributed by atoms with E-state index in [2.05, 4.69) is 4.90 Å². The molecule has 2 aromatic carbocycles. The lowest BCUT2D eigenvalue weighted by molar-refractivity contribution is -0.117. The third-order valence-corrected chi connectivity index (χ3v) is 7.65. The summed E-state index contributed by atoms with van der Waals surface area (Å²) in [6.45, 7) is 4.17. The van der Waals surface area contributed by atoms with Crippen LogP contribution in [0.25, 0.3) is 0 Å². The minimum atomic E-state index is -3.58. The maximum atomic E-state index is 13.0. The average molecular weight is 428 g/mol. The first-order valence-corrected chi connectivity index (χ1v) is 11.6. The van der Waals surface area contributed by atoms with E-state index in [0.29, 0.717) is 44.7 Å². The second-order valence-corrected chi connectivity index (χ2v) is 9.57. The average Bonchev–Trinajstić information content (AvgIpc) is 3.20. The molecule has 158 valence electrons. The van der Waals surface area contributed by atoms with Crippen molar-refractivity contribution in [1.29, 1.82) is 0 Å². The van der Waals surface area contributed by atoms with Gasteiger partial charge in [-0.15, -0.1) is 0 Å². The summed E-state index contributed by atoms with van der Waals surface area (Å²) in [5, 5.41) is 0. The van der Waals surface area contributed by atoms with Gasteiger partial charge < -0.3 is 9.80 Å². The molecule has 0 N–H and O–H groups in total. The zero-order valence-electron chi connectivity index (χ0n) is 17.0. The minimum Gasteiger partial charge on any atom is -0.369 e. The Kier molecular flexibility index (Phi) is 5.62. The maximum Gasteiger partial charge on any atom is 0.243 e. The number of ketones is 1. The third kappa shape index (κ3) is 3.97. The van der Waals surface area contributed by atoms with Crippen LogP contribution < -0.4 is 9.80 Å². The number of anilines is 2. The van der Waals surface area contributed by atoms with Crippen LogP contribution >= 0.6 is 0 Å². The standard InChI is InChI=1S/C22H25N3O4S/c1-17(26)18-4-6-19(7-5-18)23-13-15-24(16-14-23)30(28,29)21-10-8-20(9-11-21)25-12-2-3-22(25)27/h4-11H,2-3,12-16H2,1H3. The molecule has 0 unspecified atom stereocenters. The monoisotopic (exact) mass is 427 g/mol. The van der Waals surface area contributed by atoms with E-state index in [1.54, 1.807) is 41.3 Å². The summed E-state index contributed by atoms with van der Waals surface area (Å²) in [6.07, 6.45) is 1.38. The molecule has 0 aromatic heterocycles. The number of carbonyl (C=O) groups is 2. The van der Waals surface area contributed by atoms with E-state index >= 15 is 0 Å². The number of sulfonamides is 1. The first-order chi connectivity index (χ1) is 14.4. The van der Waals surface area contributed by atoms with Crippen molar-refractivity contribution in [3.8, 4) is 0 Å². The highest BCUT2D eigenvalue weighted by atomic mass is 32.2. The molecule has 8 heteroatoms. The van der Waals surface area contributed by atoms with Gasteiger partial charge in [0.2, 0.25) is 15.9 Å². The van der Waals surface area contributed by atoms with E-state index in [-0.39, 0.29) is 16.6 Å². The van der Waals surface area contributed by atoms with Crippen molar-refractivity contribution < 1.29 is 18.0 Å². The number of hydrogen-bond donors (Lipinski definition) is 0. The molecule has 2 heterocycles. The van der Waals surface area contributed by atoms with Gasteiger partial charge in [-0.2, -0.15) is 4.31 Å². The van der Waals surface area contributed by atoms with E-state index in [0.717, 1.165) is 17.8 Å². The molecule has 0 bridgehead atoms. The molecule has 7 nitrogen and oxygen atoms in total. The highest BCUT2D eigenvalue weighted by Gasteiger charge is 2.29. The SMILES string of the molecule is CC(=O)c1ccc(N2CCN(S(=O)(=O)c3ccc(N4CCCC4=O)cc3)CC2)cc1. The van der Waals surface area contributed by atoms with Crippen LogP contribution in [0.1, 0.15) is 30.1 Å². The molecule has 0 spiro atoms. The predicted octanol–water partition coefficient (Wildman–Crippen LogP) is 2.53. The molecule has 1 amide bonds. The molecule has 2 fully saturated rings. The van der Waals surface area contributed by atoms with Crippen molar-refractivity contribution in [3.63, 3.8) is 0 Å². The van der Waals surface area contributed by atoms with Crippen molar-refractivity contribution >= 4 is 33.1 Å². The fourth-order valence-electron chi connectivity index (χ4n) is 3.96. The zero-order chi connectivity index (χ0) is 21.3. The van der Waals surface area contributed by atoms with Crippen LogP contribution in [0, 0.1) is 0 Å². The summed E-state index contributed by atoms with van der Waals surface area (Å²) >= 11 is 0. The van der Waals surface area contributed by atoms with Crippen molar-refractivity contribution in [1.82, 2.24) is 4.31 Å². The van der Waals surface area contributed by atoms with Gasteiger partial charge in [0.25, 0.3) is 0 Å². The Morgan fingerprint density at radius 2 is 1.43 bits per heavy atom. The largest absolute Gasteiger partial charge is 0.369 e. The molecular formula is C22H25N3O4S. The van der Waals surface area contributed by atoms with Crippen molar-refractivity contribution in [3.05, 3.63) is 54.1 Å². The lowest BCUT2D eigenvalue weighted by Crippen LogP contribution is -2.48. The number of hydrogen-bond acceptors (Lipinski definition) is 5. The number of Topliss-reactive ketones (excluding diaryl/α,β-unsaturated/α-hetero) is 1. The van der Waals surface area contributed by atoms with Crippen LogP contribution in [0.5, 0.6) is 0 Å². The molecule has 2 aliphatic heterocycles. The maximum absolute atomic E-state index is 13.0. The molecule has 2 aliphatic rings. The Morgan fingerprint density at radius 3 is 1.97 bits per heavy atom. The van der Waals surface area contributed by atoms with Gasteiger partial charge in [0, 0.05) is 56.1 Å². The van der Waals surface area contributed by atoms with E-state index < -0.39 is 10.0 Å². The van der Waals surface area contributed by atoms with Crippen LogP contribution in [0.3, 0.4) is 0 Å². The Labute approximate surface area is 176 Å². The quantitative estimate of drug-likeness (QED) is 0.686. The van der Waals surface area contributed by atoms with Crippen molar-refractivity contribution in [2.45, 2.75) is 24.7 Å². The lowest BCUT2D eigenvalue weighted by atomic mass is 10.1. The Bertz CT molecular complexity index is 1040. The molecule has 30 heavy (non-hydrogen) atoms. The van der Waals surface area contributed by atoms with Gasteiger partial charge >= 0.3 is 0 Å². The highest BCUT2D eigenvalue weighted by molar-refractivity contribution is 7.89. The fourth-order valence-corrected chi connectivity index (χ4v) is 5.38. The second kappa shape index (κ2) is 8.20. The lowest BCUT2D eigenvalue weighted by Gasteiger charge is -2.35. The van der Waals surface area contributed by atoms with Gasteiger partial charge in [0.1, 0.15) is 0 Å². The zero-order valence-corrected chi connectivity index (χ0v) is 17.8. The first kappa shape index (κ1) is 20.6. The van der Waals surface area contributed by atoms with Gasteiger partial charge in [-0.05, 0) is 61.9 Å². The number of nitrogens with zero attached hydrogens (tertiary/aromatic N) is 3. The summed E-state index contributed by atoms with van der Waals surface area (Å²) in [6, 6.07) is 14.0. The van der Waals surface area contributed by atoms with Crippen LogP contribution in [-0.4, -0.2) is 57.1 Å². The molecule has 2 aromatic rings. The third-order valence-electron chi connectivity index (χ3n) is 5.74.